The topological polar surface area (TPSA) is 52.6 Å². The third-order valence-corrected chi connectivity index (χ3v) is 5.90. The van der Waals surface area contributed by atoms with Gasteiger partial charge in [0.25, 0.3) is 6.25 Å². The summed E-state index contributed by atoms with van der Waals surface area (Å²) in [6, 6.07) is 0. The molecule has 0 aliphatic heterocycles. The first kappa shape index (κ1) is 25.1. The van der Waals surface area contributed by atoms with E-state index in [2.05, 4.69) is 23.7 Å². The molecule has 0 saturated carbocycles. The molecule has 4 nitrogen and oxygen atoms in total. The van der Waals surface area contributed by atoms with Crippen molar-refractivity contribution in [2.24, 2.45) is 0 Å². The zero-order valence-corrected chi connectivity index (χ0v) is 18.9. The molecule has 24 heavy (non-hydrogen) atoms. The summed E-state index contributed by atoms with van der Waals surface area (Å²) in [5.74, 6) is 10.1. The van der Waals surface area contributed by atoms with Gasteiger partial charge in [-0.05, 0) is 39.5 Å². The van der Waals surface area contributed by atoms with Gasteiger partial charge in [0.1, 0.15) is 11.2 Å². The number of hydrogen-bond acceptors (Lipinski definition) is 4. The van der Waals surface area contributed by atoms with Crippen LogP contribution in [0.3, 0.4) is 0 Å². The predicted molar refractivity (Wildman–Crippen MR) is 103 cm³/mol. The van der Waals surface area contributed by atoms with Crippen molar-refractivity contribution in [1.29, 1.82) is 0 Å². The average Bonchev–Trinajstić information content (AvgIpc) is 2.31. The monoisotopic (exact) mass is 494 g/mol. The molecule has 0 aromatic carbocycles. The largest absolute Gasteiger partial charge is 0.292 e. The quantitative estimate of drug-likeness (QED) is 0.422. The molecule has 0 radical (unpaired) electrons. The van der Waals surface area contributed by atoms with Gasteiger partial charge in [0.05, 0.1) is 0 Å². The van der Waals surface area contributed by atoms with E-state index in [4.69, 9.17) is 78.0 Å². The van der Waals surface area contributed by atoms with Crippen LogP contribution in [-0.2, 0) is 30.5 Å². The molecule has 0 heterocycles. The fraction of sp³-hybridized carbons (Fsp3) is 0.667. The first-order valence-corrected chi connectivity index (χ1v) is 10.3. The van der Waals surface area contributed by atoms with Crippen LogP contribution in [0.15, 0.2) is 0 Å². The van der Waals surface area contributed by atoms with Crippen LogP contribution in [0, 0.1) is 23.7 Å². The van der Waals surface area contributed by atoms with Gasteiger partial charge in [-0.25, -0.2) is 8.42 Å². The molecular formula is C12H12Cl6O4S2. The number of hydrogen-bond donors (Lipinski definition) is 0. The fourth-order valence-electron chi connectivity index (χ4n) is 0.878. The lowest BCUT2D eigenvalue weighted by Gasteiger charge is -2.20. The fourth-order valence-corrected chi connectivity index (χ4v) is 2.47. The van der Waals surface area contributed by atoms with Crippen LogP contribution in [0.4, 0.5) is 0 Å². The van der Waals surface area contributed by atoms with E-state index < -0.39 is 39.6 Å². The standard InChI is InChI=1S/C12H12Cl6O4S2/c1-9(2,21-23(19)11(13,14)15)7-5-6-8-10(3,4)22-24(20)12(16,17)18/h1-4H3. The maximum absolute atomic E-state index is 11.6. The first-order valence-electron chi connectivity index (χ1n) is 5.87. The van der Waals surface area contributed by atoms with Crippen molar-refractivity contribution in [3.05, 3.63) is 0 Å². The maximum atomic E-state index is 11.6. The molecule has 0 bridgehead atoms. The van der Waals surface area contributed by atoms with Gasteiger partial charge < -0.3 is 0 Å². The van der Waals surface area contributed by atoms with Crippen molar-refractivity contribution >= 4 is 91.8 Å². The van der Waals surface area contributed by atoms with Crippen LogP contribution < -0.4 is 0 Å². The summed E-state index contributed by atoms with van der Waals surface area (Å²) in [5, 5.41) is 0. The van der Waals surface area contributed by atoms with E-state index in [0.717, 1.165) is 0 Å². The normalized spacial score (nSPS) is 15.6. The second kappa shape index (κ2) is 9.33. The molecule has 0 amide bonds. The van der Waals surface area contributed by atoms with Crippen molar-refractivity contribution < 1.29 is 16.8 Å². The summed E-state index contributed by atoms with van der Waals surface area (Å²) >= 11 is 28.3. The second-order valence-electron chi connectivity index (χ2n) is 5.05. The SMILES string of the molecule is CC(C)(C#CC#CC(C)(C)OS(=O)C(Cl)(Cl)Cl)OS(=O)C(Cl)(Cl)Cl. The Kier molecular flexibility index (Phi) is 9.75. The van der Waals surface area contributed by atoms with Crippen LogP contribution in [0.25, 0.3) is 0 Å². The van der Waals surface area contributed by atoms with Gasteiger partial charge in [-0.1, -0.05) is 81.4 Å². The zero-order chi connectivity index (χ0) is 19.4. The highest BCUT2D eigenvalue weighted by atomic mass is 35.6. The molecule has 2 atom stereocenters. The Morgan fingerprint density at radius 3 is 1.12 bits per heavy atom. The van der Waals surface area contributed by atoms with E-state index in [1.165, 1.54) is 27.7 Å². The Labute approximate surface area is 176 Å². The summed E-state index contributed by atoms with van der Waals surface area (Å²) in [6.45, 7) is 6.04. The molecule has 0 aromatic heterocycles. The predicted octanol–water partition coefficient (Wildman–Crippen LogP) is 4.57. The molecule has 0 saturated heterocycles. The third-order valence-electron chi connectivity index (χ3n) is 1.74. The van der Waals surface area contributed by atoms with Gasteiger partial charge >= 0.3 is 0 Å². The second-order valence-corrected chi connectivity index (χ2v) is 13.5. The molecule has 0 spiro atoms. The summed E-state index contributed by atoms with van der Waals surface area (Å²) in [6.07, 6.45) is 0. The highest BCUT2D eigenvalue weighted by Gasteiger charge is 2.35. The molecule has 0 aromatic rings. The minimum Gasteiger partial charge on any atom is -0.268 e. The van der Waals surface area contributed by atoms with Gasteiger partial charge in [-0.3, -0.25) is 8.37 Å². The van der Waals surface area contributed by atoms with Gasteiger partial charge in [0.2, 0.25) is 22.2 Å². The Hall–Kier alpha value is 1.08. The number of alkyl halides is 6. The van der Waals surface area contributed by atoms with Crippen LogP contribution in [0.5, 0.6) is 0 Å². The number of rotatable bonds is 4. The molecular weight excluding hydrogens is 485 g/mol. The third kappa shape index (κ3) is 10.9. The molecule has 2 unspecified atom stereocenters. The van der Waals surface area contributed by atoms with E-state index in [9.17, 15) is 8.42 Å². The van der Waals surface area contributed by atoms with Crippen molar-refractivity contribution in [3.8, 4) is 23.7 Å². The Balaban J connectivity index is 4.99. The molecule has 138 valence electrons. The minimum absolute atomic E-state index is 1.20. The lowest BCUT2D eigenvalue weighted by Crippen LogP contribution is -2.29. The van der Waals surface area contributed by atoms with E-state index >= 15 is 0 Å². The van der Waals surface area contributed by atoms with Crippen LogP contribution in [0.1, 0.15) is 27.7 Å². The zero-order valence-electron chi connectivity index (χ0n) is 12.7. The van der Waals surface area contributed by atoms with Crippen LogP contribution in [-0.4, -0.2) is 25.9 Å². The first-order chi connectivity index (χ1) is 10.5. The van der Waals surface area contributed by atoms with Crippen LogP contribution in [0.2, 0.25) is 0 Å². The maximum Gasteiger partial charge on any atom is 0.292 e. The highest BCUT2D eigenvalue weighted by Crippen LogP contribution is 2.33. The van der Waals surface area contributed by atoms with E-state index in [1.807, 2.05) is 0 Å². The van der Waals surface area contributed by atoms with Gasteiger partial charge in [0, 0.05) is 0 Å². The van der Waals surface area contributed by atoms with E-state index in [-0.39, 0.29) is 0 Å². The minimum atomic E-state index is -2.21. The summed E-state index contributed by atoms with van der Waals surface area (Å²) in [7, 11) is 0. The lowest BCUT2D eigenvalue weighted by molar-refractivity contribution is 0.195. The highest BCUT2D eigenvalue weighted by molar-refractivity contribution is 7.87. The van der Waals surface area contributed by atoms with E-state index in [1.54, 1.807) is 0 Å². The smallest absolute Gasteiger partial charge is 0.268 e. The van der Waals surface area contributed by atoms with E-state index in [0.29, 0.717) is 0 Å². The summed E-state index contributed by atoms with van der Waals surface area (Å²) < 4.78 is 29.1. The van der Waals surface area contributed by atoms with Crippen molar-refractivity contribution in [2.75, 3.05) is 0 Å². The number of halogens is 6. The molecule has 12 heteroatoms. The Morgan fingerprint density at radius 1 is 0.667 bits per heavy atom. The van der Waals surface area contributed by atoms with Gasteiger partial charge in [-0.15, -0.1) is 0 Å². The average molecular weight is 497 g/mol. The molecule has 0 aliphatic carbocycles. The Morgan fingerprint density at radius 2 is 0.917 bits per heavy atom. The van der Waals surface area contributed by atoms with Crippen LogP contribution >= 0.6 is 69.6 Å². The molecule has 0 aliphatic rings. The lowest BCUT2D eigenvalue weighted by atomic mass is 10.1. The molecule has 0 N–H and O–H groups in total. The summed E-state index contributed by atoms with van der Waals surface area (Å²) in [5.41, 5.74) is -2.40. The Bertz CT molecular complexity index is 572. The van der Waals surface area contributed by atoms with Crippen molar-refractivity contribution in [1.82, 2.24) is 0 Å². The van der Waals surface area contributed by atoms with Crippen molar-refractivity contribution in [3.63, 3.8) is 0 Å². The van der Waals surface area contributed by atoms with Gasteiger partial charge in [0.15, 0.2) is 0 Å². The molecule has 0 fully saturated rings. The molecule has 0 rings (SSSR count). The van der Waals surface area contributed by atoms with Crippen molar-refractivity contribution in [2.45, 2.75) is 45.1 Å². The van der Waals surface area contributed by atoms with Gasteiger partial charge in [-0.2, -0.15) is 0 Å². The summed E-state index contributed by atoms with van der Waals surface area (Å²) in [4.78, 5) is 0.